The molecule has 1 unspecified atom stereocenters. The van der Waals surface area contributed by atoms with Crippen LogP contribution in [0.3, 0.4) is 0 Å². The fourth-order valence-corrected chi connectivity index (χ4v) is 2.59. The summed E-state index contributed by atoms with van der Waals surface area (Å²) in [5.74, 6) is 1.70. The maximum absolute atomic E-state index is 9.28. The Hall–Kier alpha value is -1.40. The van der Waals surface area contributed by atoms with E-state index in [-0.39, 0.29) is 6.61 Å². The Bertz CT molecular complexity index is 557. The smallest absolute Gasteiger partial charge is 0.255 e. The van der Waals surface area contributed by atoms with Gasteiger partial charge in [0.1, 0.15) is 17.3 Å². The zero-order valence-electron chi connectivity index (χ0n) is 9.83. The largest absolute Gasteiger partial charge is 0.396 e. The zero-order chi connectivity index (χ0) is 12.5. The van der Waals surface area contributed by atoms with Gasteiger partial charge in [0.15, 0.2) is 0 Å². The number of halogens is 1. The average molecular weight is 268 g/mol. The van der Waals surface area contributed by atoms with Crippen molar-refractivity contribution in [2.45, 2.75) is 12.8 Å². The predicted molar refractivity (Wildman–Crippen MR) is 67.8 cm³/mol. The first-order chi connectivity index (χ1) is 8.78. The highest BCUT2D eigenvalue weighted by atomic mass is 35.5. The maximum atomic E-state index is 9.28. The van der Waals surface area contributed by atoms with Gasteiger partial charge >= 0.3 is 0 Å². The zero-order valence-corrected chi connectivity index (χ0v) is 10.6. The van der Waals surface area contributed by atoms with Crippen LogP contribution >= 0.6 is 11.6 Å². The first-order valence-corrected chi connectivity index (χ1v) is 6.38. The molecule has 18 heavy (non-hydrogen) atoms. The molecule has 0 saturated carbocycles. The highest BCUT2D eigenvalue weighted by molar-refractivity contribution is 6.29. The molecule has 1 N–H and O–H groups in total. The lowest BCUT2D eigenvalue weighted by Crippen LogP contribution is -2.38. The number of aromatic nitrogens is 4. The minimum atomic E-state index is 0.218. The molecule has 1 aliphatic heterocycles. The van der Waals surface area contributed by atoms with Crippen molar-refractivity contribution >= 4 is 23.2 Å². The summed E-state index contributed by atoms with van der Waals surface area (Å²) in [6.45, 7) is 1.97. The van der Waals surface area contributed by atoms with Crippen molar-refractivity contribution in [3.63, 3.8) is 0 Å². The van der Waals surface area contributed by atoms with Crippen molar-refractivity contribution in [1.29, 1.82) is 0 Å². The summed E-state index contributed by atoms with van der Waals surface area (Å²) in [5.41, 5.74) is 0. The van der Waals surface area contributed by atoms with Crippen LogP contribution < -0.4 is 4.90 Å². The van der Waals surface area contributed by atoms with Crippen LogP contribution in [0.1, 0.15) is 12.8 Å². The van der Waals surface area contributed by atoms with E-state index < -0.39 is 0 Å². The second kappa shape index (κ2) is 4.70. The standard InChI is InChI=1S/C11H14ClN5O/c12-9-4-10(17-11(15-9)13-7-14-17)16-3-1-2-8(5-16)6-18/h4,7-8,18H,1-3,5-6H2. The van der Waals surface area contributed by atoms with E-state index in [1.165, 1.54) is 6.33 Å². The fourth-order valence-electron chi connectivity index (χ4n) is 2.42. The van der Waals surface area contributed by atoms with Gasteiger partial charge in [0.2, 0.25) is 0 Å². The predicted octanol–water partition coefficient (Wildman–Crippen LogP) is 0.986. The summed E-state index contributed by atoms with van der Waals surface area (Å²) in [6.07, 6.45) is 3.59. The van der Waals surface area contributed by atoms with Crippen molar-refractivity contribution in [3.8, 4) is 0 Å². The number of anilines is 1. The van der Waals surface area contributed by atoms with Gasteiger partial charge in [-0.15, -0.1) is 0 Å². The van der Waals surface area contributed by atoms with Crippen molar-refractivity contribution in [1.82, 2.24) is 19.6 Å². The van der Waals surface area contributed by atoms with Gasteiger partial charge in [0.25, 0.3) is 5.78 Å². The Kier molecular flexibility index (Phi) is 3.05. The summed E-state index contributed by atoms with van der Waals surface area (Å²) in [6, 6.07) is 1.79. The minimum absolute atomic E-state index is 0.218. The Balaban J connectivity index is 2.00. The molecule has 0 aliphatic carbocycles. The quantitative estimate of drug-likeness (QED) is 0.822. The van der Waals surface area contributed by atoms with Crippen molar-refractivity contribution in [2.75, 3.05) is 24.6 Å². The van der Waals surface area contributed by atoms with E-state index in [1.807, 2.05) is 0 Å². The first kappa shape index (κ1) is 11.7. The number of aliphatic hydroxyl groups is 1. The fraction of sp³-hybridized carbons (Fsp3) is 0.545. The van der Waals surface area contributed by atoms with Crippen LogP contribution in [0.5, 0.6) is 0 Å². The maximum Gasteiger partial charge on any atom is 0.255 e. The van der Waals surface area contributed by atoms with Crippen LogP contribution in [-0.4, -0.2) is 44.4 Å². The van der Waals surface area contributed by atoms with Crippen molar-refractivity contribution in [2.24, 2.45) is 5.92 Å². The molecule has 1 fully saturated rings. The van der Waals surface area contributed by atoms with Gasteiger partial charge in [0, 0.05) is 25.8 Å². The van der Waals surface area contributed by atoms with Crippen LogP contribution in [0.4, 0.5) is 5.82 Å². The molecule has 3 heterocycles. The van der Waals surface area contributed by atoms with Gasteiger partial charge in [-0.05, 0) is 18.8 Å². The lowest BCUT2D eigenvalue weighted by atomic mass is 9.99. The monoisotopic (exact) mass is 267 g/mol. The second-order valence-corrected chi connectivity index (χ2v) is 4.93. The molecule has 0 spiro atoms. The first-order valence-electron chi connectivity index (χ1n) is 6.00. The Morgan fingerprint density at radius 2 is 2.39 bits per heavy atom. The summed E-state index contributed by atoms with van der Waals surface area (Å²) >= 11 is 6.00. The number of piperidine rings is 1. The Morgan fingerprint density at radius 3 is 3.22 bits per heavy atom. The van der Waals surface area contributed by atoms with Crippen LogP contribution in [-0.2, 0) is 0 Å². The van der Waals surface area contributed by atoms with Crippen molar-refractivity contribution in [3.05, 3.63) is 17.5 Å². The number of fused-ring (bicyclic) bond motifs is 1. The SMILES string of the molecule is OCC1CCCN(c2cc(Cl)nc3ncnn23)C1. The lowest BCUT2D eigenvalue weighted by molar-refractivity contribution is 0.208. The van der Waals surface area contributed by atoms with Gasteiger partial charge in [-0.25, -0.2) is 0 Å². The summed E-state index contributed by atoms with van der Waals surface area (Å²) in [7, 11) is 0. The molecule has 3 rings (SSSR count). The van der Waals surface area contributed by atoms with E-state index in [9.17, 15) is 5.11 Å². The molecular weight excluding hydrogens is 254 g/mol. The molecule has 1 aliphatic rings. The topological polar surface area (TPSA) is 66.5 Å². The molecule has 2 aromatic rings. The molecule has 1 saturated heterocycles. The third kappa shape index (κ3) is 2.02. The number of hydrogen-bond acceptors (Lipinski definition) is 5. The van der Waals surface area contributed by atoms with Gasteiger partial charge in [0.05, 0.1) is 0 Å². The highest BCUT2D eigenvalue weighted by Gasteiger charge is 2.22. The average Bonchev–Trinajstić information content (AvgIpc) is 2.85. The molecule has 0 amide bonds. The molecule has 2 aromatic heterocycles. The normalized spacial score (nSPS) is 20.6. The van der Waals surface area contributed by atoms with E-state index in [1.54, 1.807) is 10.6 Å². The molecule has 6 nitrogen and oxygen atoms in total. The summed E-state index contributed by atoms with van der Waals surface area (Å²) in [5, 5.41) is 13.9. The summed E-state index contributed by atoms with van der Waals surface area (Å²) in [4.78, 5) is 10.3. The highest BCUT2D eigenvalue weighted by Crippen LogP contribution is 2.24. The number of nitrogens with zero attached hydrogens (tertiary/aromatic N) is 5. The number of rotatable bonds is 2. The second-order valence-electron chi connectivity index (χ2n) is 4.55. The van der Waals surface area contributed by atoms with Crippen LogP contribution in [0, 0.1) is 5.92 Å². The molecule has 96 valence electrons. The Labute approximate surface area is 109 Å². The van der Waals surface area contributed by atoms with E-state index in [4.69, 9.17) is 11.6 Å². The van der Waals surface area contributed by atoms with Crippen LogP contribution in [0.25, 0.3) is 5.78 Å². The van der Waals surface area contributed by atoms with Gasteiger partial charge in [-0.2, -0.15) is 19.6 Å². The van der Waals surface area contributed by atoms with E-state index >= 15 is 0 Å². The minimum Gasteiger partial charge on any atom is -0.396 e. The van der Waals surface area contributed by atoms with E-state index in [0.717, 1.165) is 31.7 Å². The molecule has 0 radical (unpaired) electrons. The molecule has 7 heteroatoms. The third-order valence-corrected chi connectivity index (χ3v) is 3.50. The molecule has 0 bridgehead atoms. The number of aliphatic hydroxyl groups excluding tert-OH is 1. The van der Waals surface area contributed by atoms with Gasteiger partial charge in [-0.1, -0.05) is 11.6 Å². The molecule has 1 atom stereocenters. The number of hydrogen-bond donors (Lipinski definition) is 1. The lowest BCUT2D eigenvalue weighted by Gasteiger charge is -2.33. The molecular formula is C11H14ClN5O. The Morgan fingerprint density at radius 1 is 1.50 bits per heavy atom. The van der Waals surface area contributed by atoms with E-state index in [2.05, 4.69) is 20.0 Å². The van der Waals surface area contributed by atoms with E-state index in [0.29, 0.717) is 16.8 Å². The van der Waals surface area contributed by atoms with Gasteiger partial charge < -0.3 is 10.0 Å². The summed E-state index contributed by atoms with van der Waals surface area (Å²) < 4.78 is 1.69. The third-order valence-electron chi connectivity index (χ3n) is 3.30. The van der Waals surface area contributed by atoms with Crippen LogP contribution in [0.15, 0.2) is 12.4 Å². The molecule has 0 aromatic carbocycles. The van der Waals surface area contributed by atoms with Gasteiger partial charge in [-0.3, -0.25) is 0 Å². The van der Waals surface area contributed by atoms with Crippen LogP contribution in [0.2, 0.25) is 5.15 Å². The van der Waals surface area contributed by atoms with Crippen molar-refractivity contribution < 1.29 is 5.11 Å².